The normalized spacial score (nSPS) is 18.7. The van der Waals surface area contributed by atoms with E-state index in [-0.39, 0.29) is 24.1 Å². The van der Waals surface area contributed by atoms with Gasteiger partial charge in [-0.05, 0) is 54.3 Å². The number of fused-ring (bicyclic) bond motifs is 1. The highest BCUT2D eigenvalue weighted by molar-refractivity contribution is 8.16. The van der Waals surface area contributed by atoms with Crippen molar-refractivity contribution in [3.05, 3.63) is 81.5 Å². The number of carbonyl (C=O) groups is 3. The maximum absolute atomic E-state index is 13.8. The van der Waals surface area contributed by atoms with E-state index in [9.17, 15) is 14.4 Å². The number of aliphatic imine (C=N–C) groups is 1. The minimum Gasteiger partial charge on any atom is -0.497 e. The number of ether oxygens (including phenoxy) is 1. The van der Waals surface area contributed by atoms with Gasteiger partial charge in [-0.1, -0.05) is 35.5 Å². The Hall–Kier alpha value is -3.76. The number of thioether (sulfide) groups is 1. The van der Waals surface area contributed by atoms with Crippen LogP contribution in [0.3, 0.4) is 0 Å². The fourth-order valence-electron chi connectivity index (χ4n) is 5.06. The van der Waals surface area contributed by atoms with Crippen molar-refractivity contribution < 1.29 is 19.1 Å². The Labute approximate surface area is 242 Å². The molecule has 3 aliphatic rings. The van der Waals surface area contributed by atoms with E-state index in [1.807, 2.05) is 35.4 Å². The number of hydrogen-bond donors (Lipinski definition) is 1. The van der Waals surface area contributed by atoms with Crippen LogP contribution < -0.4 is 10.1 Å². The number of hydrogen-bond acceptors (Lipinski definition) is 7. The molecule has 3 heterocycles. The van der Waals surface area contributed by atoms with Crippen molar-refractivity contribution in [1.29, 1.82) is 0 Å². The van der Waals surface area contributed by atoms with Gasteiger partial charge in [-0.25, -0.2) is 4.99 Å². The van der Waals surface area contributed by atoms with Gasteiger partial charge in [0, 0.05) is 49.5 Å². The Bertz CT molecular complexity index is 1430. The number of nitrogens with zero attached hydrogens (tertiary/aromatic N) is 4. The van der Waals surface area contributed by atoms with Gasteiger partial charge in [0.1, 0.15) is 5.75 Å². The molecule has 5 rings (SSSR count). The molecule has 1 unspecified atom stereocenters. The van der Waals surface area contributed by atoms with Gasteiger partial charge >= 0.3 is 0 Å². The molecule has 1 N–H and O–H groups in total. The largest absolute Gasteiger partial charge is 0.497 e. The third-order valence-electron chi connectivity index (χ3n) is 7.17. The Balaban J connectivity index is 1.43. The monoisotopic (exact) mass is 579 g/mol. The van der Waals surface area contributed by atoms with Crippen LogP contribution in [0.5, 0.6) is 5.75 Å². The predicted molar refractivity (Wildman–Crippen MR) is 157 cm³/mol. The van der Waals surface area contributed by atoms with Crippen LogP contribution in [0.15, 0.2) is 75.9 Å². The van der Waals surface area contributed by atoms with Crippen LogP contribution in [0.4, 0.5) is 5.69 Å². The van der Waals surface area contributed by atoms with Crippen molar-refractivity contribution in [2.75, 3.05) is 38.6 Å². The number of rotatable bonds is 6. The van der Waals surface area contributed by atoms with Crippen molar-refractivity contribution in [1.82, 2.24) is 14.7 Å². The number of piperazine rings is 1. The Kier molecular flexibility index (Phi) is 8.18. The standard InChI is InChI=1S/C29H30ClN5O4S/c1-18-26(28(38)32-22-7-9-24(39-3)10-8-22)27(20-5-4-6-21(30)15-20)35-23(17-40-29(35)31-18)16-25(37)34-13-11-33(12-14-34)19(2)36/h4-10,15,17,27H,11-14,16H2,1-3H3,(H,32,38). The molecule has 1 fully saturated rings. The van der Waals surface area contributed by atoms with Crippen molar-refractivity contribution in [3.8, 4) is 5.75 Å². The molecule has 0 radical (unpaired) electrons. The first kappa shape index (κ1) is 27.8. The number of amidine groups is 1. The lowest BCUT2D eigenvalue weighted by Crippen LogP contribution is -2.50. The first-order chi connectivity index (χ1) is 19.2. The molecule has 1 saturated heterocycles. The second-order valence-corrected chi connectivity index (χ2v) is 11.0. The summed E-state index contributed by atoms with van der Waals surface area (Å²) in [6, 6.07) is 14.0. The van der Waals surface area contributed by atoms with E-state index in [1.54, 1.807) is 54.2 Å². The molecule has 40 heavy (non-hydrogen) atoms. The van der Waals surface area contributed by atoms with Crippen LogP contribution in [-0.2, 0) is 14.4 Å². The van der Waals surface area contributed by atoms with Gasteiger partial charge in [-0.15, -0.1) is 0 Å². The zero-order valence-electron chi connectivity index (χ0n) is 22.5. The van der Waals surface area contributed by atoms with Crippen LogP contribution in [0.2, 0.25) is 5.02 Å². The van der Waals surface area contributed by atoms with Crippen LogP contribution >= 0.6 is 23.4 Å². The number of benzene rings is 2. The average molecular weight is 580 g/mol. The highest BCUT2D eigenvalue weighted by Gasteiger charge is 2.41. The quantitative estimate of drug-likeness (QED) is 0.536. The summed E-state index contributed by atoms with van der Waals surface area (Å²) in [6.45, 7) is 5.40. The molecule has 3 aliphatic heterocycles. The fourth-order valence-corrected chi connectivity index (χ4v) is 6.23. The maximum Gasteiger partial charge on any atom is 0.255 e. The molecule has 2 aromatic carbocycles. The van der Waals surface area contributed by atoms with E-state index in [4.69, 9.17) is 21.3 Å². The lowest BCUT2D eigenvalue weighted by atomic mass is 9.93. The van der Waals surface area contributed by atoms with Crippen molar-refractivity contribution in [2.24, 2.45) is 4.99 Å². The molecule has 0 aliphatic carbocycles. The van der Waals surface area contributed by atoms with E-state index in [2.05, 4.69) is 5.32 Å². The molecule has 1 atom stereocenters. The number of allylic oxidation sites excluding steroid dienone is 1. The van der Waals surface area contributed by atoms with E-state index in [1.165, 1.54) is 11.8 Å². The molecule has 2 aromatic rings. The first-order valence-corrected chi connectivity index (χ1v) is 14.2. The van der Waals surface area contributed by atoms with E-state index in [0.717, 1.165) is 11.3 Å². The molecule has 0 spiro atoms. The zero-order chi connectivity index (χ0) is 28.4. The number of amides is 3. The molecule has 0 aromatic heterocycles. The molecule has 9 nitrogen and oxygen atoms in total. The first-order valence-electron chi connectivity index (χ1n) is 12.9. The van der Waals surface area contributed by atoms with Crippen LogP contribution in [0.25, 0.3) is 0 Å². The summed E-state index contributed by atoms with van der Waals surface area (Å²) in [5.41, 5.74) is 3.26. The van der Waals surface area contributed by atoms with Gasteiger partial charge in [0.2, 0.25) is 11.8 Å². The summed E-state index contributed by atoms with van der Waals surface area (Å²) >= 11 is 7.83. The second-order valence-electron chi connectivity index (χ2n) is 9.69. The zero-order valence-corrected chi connectivity index (χ0v) is 24.1. The summed E-state index contributed by atoms with van der Waals surface area (Å²) in [5, 5.41) is 6.17. The highest BCUT2D eigenvalue weighted by Crippen LogP contribution is 2.45. The van der Waals surface area contributed by atoms with Gasteiger partial charge in [-0.2, -0.15) is 0 Å². The Morgan fingerprint density at radius 2 is 1.77 bits per heavy atom. The molecule has 208 valence electrons. The van der Waals surface area contributed by atoms with Crippen LogP contribution in [0.1, 0.15) is 31.9 Å². The number of anilines is 1. The van der Waals surface area contributed by atoms with Crippen LogP contribution in [-0.4, -0.2) is 70.9 Å². The van der Waals surface area contributed by atoms with Crippen molar-refractivity contribution >= 4 is 51.9 Å². The summed E-state index contributed by atoms with van der Waals surface area (Å²) in [5.74, 6) is 0.381. The van der Waals surface area contributed by atoms with E-state index >= 15 is 0 Å². The highest BCUT2D eigenvalue weighted by atomic mass is 35.5. The summed E-state index contributed by atoms with van der Waals surface area (Å²) in [6.07, 6.45) is 0.148. The minimum atomic E-state index is -0.534. The second kappa shape index (κ2) is 11.8. The SMILES string of the molecule is COc1ccc(NC(=O)C2=C(C)N=C3SC=C(CC(=O)N4CCN(C(C)=O)CC4)N3C2c2cccc(Cl)c2)cc1. The third-order valence-corrected chi connectivity index (χ3v) is 8.29. The number of methoxy groups -OCH3 is 1. The van der Waals surface area contributed by atoms with Gasteiger partial charge in [0.05, 0.1) is 30.8 Å². The van der Waals surface area contributed by atoms with Crippen LogP contribution in [0, 0.1) is 0 Å². The topological polar surface area (TPSA) is 94.5 Å². The number of carbonyl (C=O) groups excluding carboxylic acids is 3. The average Bonchev–Trinajstić information content (AvgIpc) is 3.34. The molecule has 0 saturated carbocycles. The Morgan fingerprint density at radius 3 is 2.42 bits per heavy atom. The summed E-state index contributed by atoms with van der Waals surface area (Å²) in [4.78, 5) is 49.1. The number of nitrogens with one attached hydrogen (secondary N) is 1. The smallest absolute Gasteiger partial charge is 0.255 e. The molecular weight excluding hydrogens is 550 g/mol. The van der Waals surface area contributed by atoms with Gasteiger partial charge in [-0.3, -0.25) is 14.4 Å². The maximum atomic E-state index is 13.8. The molecule has 0 bridgehead atoms. The third kappa shape index (κ3) is 5.73. The summed E-state index contributed by atoms with van der Waals surface area (Å²) in [7, 11) is 1.59. The number of halogens is 1. The molecular formula is C29H30ClN5O4S. The Morgan fingerprint density at radius 1 is 1.07 bits per heavy atom. The molecule has 3 amide bonds. The van der Waals surface area contributed by atoms with E-state index < -0.39 is 6.04 Å². The van der Waals surface area contributed by atoms with Gasteiger partial charge < -0.3 is 24.8 Å². The predicted octanol–water partition coefficient (Wildman–Crippen LogP) is 4.64. The lowest BCUT2D eigenvalue weighted by Gasteiger charge is -2.38. The fraction of sp³-hybridized carbons (Fsp3) is 0.310. The molecule has 11 heteroatoms. The van der Waals surface area contributed by atoms with Crippen molar-refractivity contribution in [2.45, 2.75) is 26.3 Å². The lowest BCUT2D eigenvalue weighted by molar-refractivity contribution is -0.138. The van der Waals surface area contributed by atoms with Gasteiger partial charge in [0.15, 0.2) is 5.17 Å². The minimum absolute atomic E-state index is 0.0168. The van der Waals surface area contributed by atoms with Gasteiger partial charge in [0.25, 0.3) is 5.91 Å². The summed E-state index contributed by atoms with van der Waals surface area (Å²) < 4.78 is 5.23. The van der Waals surface area contributed by atoms with Crippen molar-refractivity contribution in [3.63, 3.8) is 0 Å². The van der Waals surface area contributed by atoms with E-state index in [0.29, 0.717) is 59.1 Å².